The lowest BCUT2D eigenvalue weighted by molar-refractivity contribution is -0.123. The van der Waals surface area contributed by atoms with Gasteiger partial charge < -0.3 is 5.32 Å². The van der Waals surface area contributed by atoms with Gasteiger partial charge >= 0.3 is 0 Å². The van der Waals surface area contributed by atoms with Gasteiger partial charge in [0.25, 0.3) is 0 Å². The third-order valence-electron chi connectivity index (χ3n) is 3.38. The van der Waals surface area contributed by atoms with E-state index in [2.05, 4.69) is 5.32 Å². The van der Waals surface area contributed by atoms with Crippen LogP contribution in [0.2, 0.25) is 5.02 Å². The Labute approximate surface area is 87.3 Å². The van der Waals surface area contributed by atoms with Gasteiger partial charge in [0.2, 0.25) is 5.91 Å². The van der Waals surface area contributed by atoms with Gasteiger partial charge in [-0.2, -0.15) is 0 Å². The molecule has 0 aromatic heterocycles. The summed E-state index contributed by atoms with van der Waals surface area (Å²) >= 11 is 6.14. The molecule has 1 spiro atoms. The number of anilines is 1. The summed E-state index contributed by atoms with van der Waals surface area (Å²) in [6, 6.07) is 5.66. The van der Waals surface area contributed by atoms with Crippen molar-refractivity contribution >= 4 is 23.2 Å². The molecule has 1 aromatic rings. The van der Waals surface area contributed by atoms with E-state index in [0.717, 1.165) is 35.5 Å². The highest BCUT2D eigenvalue weighted by Crippen LogP contribution is 2.53. The Morgan fingerprint density at radius 3 is 2.79 bits per heavy atom. The van der Waals surface area contributed by atoms with Crippen LogP contribution in [0.1, 0.15) is 24.8 Å². The van der Waals surface area contributed by atoms with Crippen LogP contribution in [0.3, 0.4) is 0 Å². The number of rotatable bonds is 0. The number of hydrogen-bond acceptors (Lipinski definition) is 1. The van der Waals surface area contributed by atoms with Crippen molar-refractivity contribution in [2.75, 3.05) is 5.32 Å². The molecule has 0 atom stereocenters. The standard InChI is InChI=1S/C11H10ClNO/c12-7-3-1-4-8-9(7)11(5-2-6-11)10(14)13-8/h1,3-4H,2,5-6H2,(H,13,14). The molecule has 1 aliphatic heterocycles. The lowest BCUT2D eigenvalue weighted by atomic mass is 9.65. The first-order chi connectivity index (χ1) is 6.74. The summed E-state index contributed by atoms with van der Waals surface area (Å²) in [6.45, 7) is 0. The Hall–Kier alpha value is -1.02. The molecule has 1 fully saturated rings. The van der Waals surface area contributed by atoms with E-state index in [4.69, 9.17) is 11.6 Å². The molecule has 0 radical (unpaired) electrons. The van der Waals surface area contributed by atoms with Gasteiger partial charge in [0, 0.05) is 16.3 Å². The minimum atomic E-state index is -0.284. The van der Waals surface area contributed by atoms with Gasteiger partial charge in [-0.1, -0.05) is 24.1 Å². The number of nitrogens with one attached hydrogen (secondary N) is 1. The van der Waals surface area contributed by atoms with Crippen molar-refractivity contribution in [3.05, 3.63) is 28.8 Å². The van der Waals surface area contributed by atoms with Crippen LogP contribution in [0.15, 0.2) is 18.2 Å². The summed E-state index contributed by atoms with van der Waals surface area (Å²) < 4.78 is 0. The van der Waals surface area contributed by atoms with Gasteiger partial charge in [0.1, 0.15) is 0 Å². The summed E-state index contributed by atoms with van der Waals surface area (Å²) in [7, 11) is 0. The fourth-order valence-corrected chi connectivity index (χ4v) is 2.83. The predicted molar refractivity (Wildman–Crippen MR) is 55.6 cm³/mol. The van der Waals surface area contributed by atoms with Gasteiger partial charge in [-0.25, -0.2) is 0 Å². The van der Waals surface area contributed by atoms with Crippen LogP contribution in [0.25, 0.3) is 0 Å². The molecule has 2 aliphatic rings. The number of carbonyl (C=O) groups is 1. The summed E-state index contributed by atoms with van der Waals surface area (Å²) in [5, 5.41) is 3.63. The van der Waals surface area contributed by atoms with Crippen LogP contribution >= 0.6 is 11.6 Å². The van der Waals surface area contributed by atoms with E-state index in [-0.39, 0.29) is 11.3 Å². The molecule has 2 nitrogen and oxygen atoms in total. The van der Waals surface area contributed by atoms with Gasteiger partial charge in [-0.3, -0.25) is 4.79 Å². The summed E-state index contributed by atoms with van der Waals surface area (Å²) in [5.41, 5.74) is 1.65. The maximum absolute atomic E-state index is 11.8. The zero-order valence-electron chi connectivity index (χ0n) is 7.64. The second kappa shape index (κ2) is 2.51. The monoisotopic (exact) mass is 207 g/mol. The molecule has 1 saturated carbocycles. The van der Waals surface area contributed by atoms with Crippen LogP contribution in [0.4, 0.5) is 5.69 Å². The first-order valence-corrected chi connectivity index (χ1v) is 5.22. The van der Waals surface area contributed by atoms with Crippen LogP contribution in [-0.2, 0) is 10.2 Å². The molecule has 0 saturated heterocycles. The Kier molecular flexibility index (Phi) is 1.49. The minimum Gasteiger partial charge on any atom is -0.325 e. The minimum absolute atomic E-state index is 0.131. The van der Waals surface area contributed by atoms with Gasteiger partial charge in [-0.05, 0) is 25.0 Å². The lowest BCUT2D eigenvalue weighted by Gasteiger charge is -2.36. The Morgan fingerprint density at radius 1 is 1.36 bits per heavy atom. The number of carbonyl (C=O) groups excluding carboxylic acids is 1. The topological polar surface area (TPSA) is 29.1 Å². The van der Waals surface area contributed by atoms with Gasteiger partial charge in [-0.15, -0.1) is 0 Å². The van der Waals surface area contributed by atoms with Gasteiger partial charge in [0.05, 0.1) is 5.41 Å². The van der Waals surface area contributed by atoms with Crippen molar-refractivity contribution in [2.45, 2.75) is 24.7 Å². The molecular formula is C11H10ClNO. The van der Waals surface area contributed by atoms with E-state index in [1.807, 2.05) is 18.2 Å². The Morgan fingerprint density at radius 2 is 2.14 bits per heavy atom. The third kappa shape index (κ3) is 0.800. The highest BCUT2D eigenvalue weighted by atomic mass is 35.5. The van der Waals surface area contributed by atoms with Crippen LogP contribution < -0.4 is 5.32 Å². The van der Waals surface area contributed by atoms with Crippen LogP contribution in [0.5, 0.6) is 0 Å². The molecule has 14 heavy (non-hydrogen) atoms. The summed E-state index contributed by atoms with van der Waals surface area (Å²) in [5.74, 6) is 0.131. The number of halogens is 1. The molecule has 1 aliphatic carbocycles. The van der Waals surface area contributed by atoms with E-state index in [0.29, 0.717) is 0 Å². The zero-order chi connectivity index (χ0) is 9.76. The van der Waals surface area contributed by atoms with Crippen molar-refractivity contribution in [1.82, 2.24) is 0 Å². The fraction of sp³-hybridized carbons (Fsp3) is 0.364. The molecule has 0 unspecified atom stereocenters. The summed E-state index contributed by atoms with van der Waals surface area (Å²) in [6.07, 6.45) is 3.00. The van der Waals surface area contributed by atoms with Crippen LogP contribution in [0, 0.1) is 0 Å². The molecule has 1 aromatic carbocycles. The predicted octanol–water partition coefficient (Wildman–Crippen LogP) is 2.71. The van der Waals surface area contributed by atoms with Crippen molar-refractivity contribution in [1.29, 1.82) is 0 Å². The van der Waals surface area contributed by atoms with Crippen molar-refractivity contribution < 1.29 is 4.79 Å². The summed E-state index contributed by atoms with van der Waals surface area (Å²) in [4.78, 5) is 11.8. The van der Waals surface area contributed by atoms with Crippen molar-refractivity contribution in [3.8, 4) is 0 Å². The highest BCUT2D eigenvalue weighted by molar-refractivity contribution is 6.33. The first-order valence-electron chi connectivity index (χ1n) is 4.84. The molecule has 1 heterocycles. The van der Waals surface area contributed by atoms with E-state index in [1.165, 1.54) is 0 Å². The number of hydrogen-bond donors (Lipinski definition) is 1. The molecule has 0 bridgehead atoms. The smallest absolute Gasteiger partial charge is 0.235 e. The van der Waals surface area contributed by atoms with E-state index in [9.17, 15) is 4.79 Å². The Balaban J connectivity index is 2.25. The van der Waals surface area contributed by atoms with Crippen molar-refractivity contribution in [3.63, 3.8) is 0 Å². The maximum atomic E-state index is 11.8. The number of fused-ring (bicyclic) bond motifs is 2. The molecule has 3 heteroatoms. The normalized spacial score (nSPS) is 21.6. The van der Waals surface area contributed by atoms with E-state index < -0.39 is 0 Å². The third-order valence-corrected chi connectivity index (χ3v) is 3.70. The Bertz CT molecular complexity index is 423. The number of amides is 1. The maximum Gasteiger partial charge on any atom is 0.235 e. The van der Waals surface area contributed by atoms with E-state index in [1.54, 1.807) is 0 Å². The fourth-order valence-electron chi connectivity index (χ4n) is 2.48. The first kappa shape index (κ1) is 8.30. The SMILES string of the molecule is O=C1Nc2cccc(Cl)c2C12CCC2. The highest BCUT2D eigenvalue weighted by Gasteiger charge is 2.51. The quantitative estimate of drug-likeness (QED) is 0.697. The average molecular weight is 208 g/mol. The molecule has 72 valence electrons. The van der Waals surface area contributed by atoms with E-state index >= 15 is 0 Å². The van der Waals surface area contributed by atoms with Gasteiger partial charge in [0.15, 0.2) is 0 Å². The molecule has 3 rings (SSSR count). The average Bonchev–Trinajstić information content (AvgIpc) is 2.37. The zero-order valence-corrected chi connectivity index (χ0v) is 8.40. The van der Waals surface area contributed by atoms with Crippen molar-refractivity contribution in [2.24, 2.45) is 0 Å². The largest absolute Gasteiger partial charge is 0.325 e. The second-order valence-corrected chi connectivity index (χ2v) is 4.46. The lowest BCUT2D eigenvalue weighted by Crippen LogP contribution is -2.41. The molecule has 1 N–H and O–H groups in total. The number of benzene rings is 1. The molecule has 1 amide bonds. The second-order valence-electron chi connectivity index (χ2n) is 4.05. The molecular weight excluding hydrogens is 198 g/mol. The van der Waals surface area contributed by atoms with Crippen LogP contribution in [-0.4, -0.2) is 5.91 Å².